The maximum absolute atomic E-state index is 12.7. The van der Waals surface area contributed by atoms with E-state index in [1.54, 1.807) is 12.1 Å². The van der Waals surface area contributed by atoms with Crippen molar-refractivity contribution < 1.29 is 14.0 Å². The number of thiophene rings is 1. The maximum Gasteiger partial charge on any atom is 0.251 e. The van der Waals surface area contributed by atoms with Crippen LogP contribution in [0.5, 0.6) is 0 Å². The third-order valence-electron chi connectivity index (χ3n) is 2.36. The molecule has 98 valence electrons. The van der Waals surface area contributed by atoms with Crippen molar-refractivity contribution >= 4 is 34.6 Å². The second-order valence-corrected chi connectivity index (χ2v) is 5.43. The molecule has 0 atom stereocenters. The lowest BCUT2D eigenvalue weighted by Gasteiger charge is -2.03. The summed E-state index contributed by atoms with van der Waals surface area (Å²) in [6.45, 7) is -0.118. The zero-order chi connectivity index (χ0) is 13.8. The first-order chi connectivity index (χ1) is 9.06. The van der Waals surface area contributed by atoms with Crippen molar-refractivity contribution in [3.8, 4) is 0 Å². The van der Waals surface area contributed by atoms with Crippen LogP contribution in [0.4, 0.5) is 4.39 Å². The quantitative estimate of drug-likeness (QED) is 0.881. The number of benzene rings is 1. The van der Waals surface area contributed by atoms with Crippen molar-refractivity contribution in [2.75, 3.05) is 6.54 Å². The average Bonchev–Trinajstić information content (AvgIpc) is 2.83. The third-order valence-corrected chi connectivity index (χ3v) is 3.64. The molecule has 19 heavy (non-hydrogen) atoms. The summed E-state index contributed by atoms with van der Waals surface area (Å²) >= 11 is 6.88. The molecule has 3 nitrogen and oxygen atoms in total. The Labute approximate surface area is 118 Å². The van der Waals surface area contributed by atoms with E-state index in [1.165, 1.54) is 24.3 Å². The number of rotatable bonds is 4. The van der Waals surface area contributed by atoms with Gasteiger partial charge in [0.15, 0.2) is 5.78 Å². The smallest absolute Gasteiger partial charge is 0.251 e. The van der Waals surface area contributed by atoms with Gasteiger partial charge in [0.25, 0.3) is 5.91 Å². The molecule has 0 spiro atoms. The molecule has 0 aliphatic rings. The number of carbonyl (C=O) groups is 2. The molecule has 2 rings (SSSR count). The monoisotopic (exact) mass is 297 g/mol. The van der Waals surface area contributed by atoms with Gasteiger partial charge in [-0.1, -0.05) is 11.6 Å². The van der Waals surface area contributed by atoms with Crippen LogP contribution < -0.4 is 5.32 Å². The number of nitrogens with one attached hydrogen (secondary N) is 1. The van der Waals surface area contributed by atoms with Crippen LogP contribution in [0.3, 0.4) is 0 Å². The predicted octanol–water partition coefficient (Wildman–Crippen LogP) is 3.15. The highest BCUT2D eigenvalue weighted by Crippen LogP contribution is 2.21. The Morgan fingerprint density at radius 3 is 2.42 bits per heavy atom. The van der Waals surface area contributed by atoms with Gasteiger partial charge in [0.1, 0.15) is 5.82 Å². The fourth-order valence-electron chi connectivity index (χ4n) is 1.42. The SMILES string of the molecule is O=C(NCC(=O)c1ccc(Cl)s1)c1ccc(F)cc1. The highest BCUT2D eigenvalue weighted by atomic mass is 35.5. The molecule has 1 N–H and O–H groups in total. The largest absolute Gasteiger partial charge is 0.345 e. The van der Waals surface area contributed by atoms with E-state index in [9.17, 15) is 14.0 Å². The standard InChI is InChI=1S/C13H9ClFNO2S/c14-12-6-5-11(19-12)10(17)7-16-13(18)8-1-3-9(15)4-2-8/h1-6H,7H2,(H,16,18). The molecule has 0 bridgehead atoms. The van der Waals surface area contributed by atoms with Crippen LogP contribution in [-0.2, 0) is 0 Å². The Bertz CT molecular complexity index is 609. The van der Waals surface area contributed by atoms with Crippen LogP contribution >= 0.6 is 22.9 Å². The Morgan fingerprint density at radius 2 is 1.84 bits per heavy atom. The van der Waals surface area contributed by atoms with Crippen molar-refractivity contribution in [1.82, 2.24) is 5.32 Å². The van der Waals surface area contributed by atoms with E-state index in [-0.39, 0.29) is 12.3 Å². The first-order valence-corrected chi connectivity index (χ1v) is 6.58. The van der Waals surface area contributed by atoms with Crippen LogP contribution in [0, 0.1) is 5.82 Å². The average molecular weight is 298 g/mol. The summed E-state index contributed by atoms with van der Waals surface area (Å²) in [6.07, 6.45) is 0. The first-order valence-electron chi connectivity index (χ1n) is 5.38. The summed E-state index contributed by atoms with van der Waals surface area (Å²) in [5.41, 5.74) is 0.304. The van der Waals surface area contributed by atoms with Crippen molar-refractivity contribution in [2.24, 2.45) is 0 Å². The number of amides is 1. The first kappa shape index (κ1) is 13.7. The molecule has 0 aliphatic carbocycles. The van der Waals surface area contributed by atoms with Gasteiger partial charge < -0.3 is 5.32 Å². The van der Waals surface area contributed by atoms with Gasteiger partial charge in [0, 0.05) is 5.56 Å². The second-order valence-electron chi connectivity index (χ2n) is 3.72. The van der Waals surface area contributed by atoms with Gasteiger partial charge >= 0.3 is 0 Å². The topological polar surface area (TPSA) is 46.2 Å². The van der Waals surface area contributed by atoms with Gasteiger partial charge in [-0.05, 0) is 36.4 Å². The Kier molecular flexibility index (Phi) is 4.29. The lowest BCUT2D eigenvalue weighted by Crippen LogP contribution is -2.29. The molecule has 0 aliphatic heterocycles. The van der Waals surface area contributed by atoms with E-state index in [4.69, 9.17) is 11.6 Å². The molecule has 6 heteroatoms. The van der Waals surface area contributed by atoms with E-state index < -0.39 is 11.7 Å². The minimum Gasteiger partial charge on any atom is -0.345 e. The van der Waals surface area contributed by atoms with Crippen molar-refractivity contribution in [1.29, 1.82) is 0 Å². The molecule has 1 aromatic carbocycles. The molecule has 0 radical (unpaired) electrons. The fraction of sp³-hybridized carbons (Fsp3) is 0.0769. The number of carbonyl (C=O) groups excluding carboxylic acids is 2. The number of hydrogen-bond acceptors (Lipinski definition) is 3. The van der Waals surface area contributed by atoms with Gasteiger partial charge in [0.05, 0.1) is 15.8 Å². The highest BCUT2D eigenvalue weighted by molar-refractivity contribution is 7.18. The molecule has 1 aromatic heterocycles. The zero-order valence-corrected chi connectivity index (χ0v) is 11.2. The van der Waals surface area contributed by atoms with E-state index >= 15 is 0 Å². The molecular weight excluding hydrogens is 289 g/mol. The summed E-state index contributed by atoms with van der Waals surface area (Å²) < 4.78 is 13.2. The molecule has 1 heterocycles. The Hall–Kier alpha value is -1.72. The van der Waals surface area contributed by atoms with Crippen LogP contribution in [0.1, 0.15) is 20.0 Å². The summed E-state index contributed by atoms with van der Waals surface area (Å²) in [5.74, 6) is -1.05. The minimum absolute atomic E-state index is 0.118. The number of hydrogen-bond donors (Lipinski definition) is 1. The number of ketones is 1. The summed E-state index contributed by atoms with van der Waals surface area (Å²) in [5, 5.41) is 2.48. The minimum atomic E-state index is -0.420. The van der Waals surface area contributed by atoms with E-state index in [1.807, 2.05) is 0 Å². The van der Waals surface area contributed by atoms with Gasteiger partial charge in [-0.25, -0.2) is 4.39 Å². The van der Waals surface area contributed by atoms with Crippen molar-refractivity contribution in [3.63, 3.8) is 0 Å². The maximum atomic E-state index is 12.7. The summed E-state index contributed by atoms with van der Waals surface area (Å²) in [7, 11) is 0. The van der Waals surface area contributed by atoms with Gasteiger partial charge in [-0.3, -0.25) is 9.59 Å². The highest BCUT2D eigenvalue weighted by Gasteiger charge is 2.11. The van der Waals surface area contributed by atoms with Crippen LogP contribution in [-0.4, -0.2) is 18.2 Å². The van der Waals surface area contributed by atoms with Crippen LogP contribution in [0.15, 0.2) is 36.4 Å². The lowest BCUT2D eigenvalue weighted by atomic mass is 10.2. The molecule has 2 aromatic rings. The molecule has 0 unspecified atom stereocenters. The van der Waals surface area contributed by atoms with Crippen molar-refractivity contribution in [3.05, 3.63) is 57.0 Å². The number of Topliss-reactive ketones (excluding diaryl/α,β-unsaturated/α-hetero) is 1. The molecule has 0 saturated carbocycles. The molecular formula is C13H9ClFNO2S. The van der Waals surface area contributed by atoms with Gasteiger partial charge in [-0.15, -0.1) is 11.3 Å². The van der Waals surface area contributed by atoms with Crippen molar-refractivity contribution in [2.45, 2.75) is 0 Å². The fourth-order valence-corrected chi connectivity index (χ4v) is 2.40. The predicted molar refractivity (Wildman–Crippen MR) is 72.4 cm³/mol. The third kappa shape index (κ3) is 3.62. The summed E-state index contributed by atoms with van der Waals surface area (Å²) in [6, 6.07) is 8.33. The van der Waals surface area contributed by atoms with Crippen LogP contribution in [0.25, 0.3) is 0 Å². The zero-order valence-electron chi connectivity index (χ0n) is 9.65. The van der Waals surface area contributed by atoms with Gasteiger partial charge in [0.2, 0.25) is 0 Å². The Morgan fingerprint density at radius 1 is 1.16 bits per heavy atom. The van der Waals surface area contributed by atoms with Gasteiger partial charge in [-0.2, -0.15) is 0 Å². The second kappa shape index (κ2) is 5.95. The normalized spacial score (nSPS) is 10.2. The molecule has 1 amide bonds. The molecule has 0 fully saturated rings. The van der Waals surface area contributed by atoms with E-state index in [0.29, 0.717) is 14.8 Å². The Balaban J connectivity index is 1.93. The molecule has 0 saturated heterocycles. The number of halogens is 2. The lowest BCUT2D eigenvalue weighted by molar-refractivity contribution is 0.0905. The summed E-state index contributed by atoms with van der Waals surface area (Å²) in [4.78, 5) is 23.9. The van der Waals surface area contributed by atoms with E-state index in [0.717, 1.165) is 11.3 Å². The van der Waals surface area contributed by atoms with E-state index in [2.05, 4.69) is 5.32 Å². The van der Waals surface area contributed by atoms with Crippen LogP contribution in [0.2, 0.25) is 4.34 Å².